The number of thiazole rings is 1. The molecule has 0 aliphatic heterocycles. The third kappa shape index (κ3) is 5.17. The number of hydrogen-bond donors (Lipinski definition) is 1. The third-order valence-corrected chi connectivity index (χ3v) is 5.97. The van der Waals surface area contributed by atoms with Gasteiger partial charge in [-0.2, -0.15) is 0 Å². The molecular formula is C20H27FN2O3S. The molecule has 0 bridgehead atoms. The Balaban J connectivity index is 1.46. The van der Waals surface area contributed by atoms with Crippen LogP contribution in [0.5, 0.6) is 5.75 Å². The van der Waals surface area contributed by atoms with Crippen molar-refractivity contribution in [2.24, 2.45) is 5.92 Å². The van der Waals surface area contributed by atoms with Crippen molar-refractivity contribution < 1.29 is 18.7 Å². The molecule has 1 N–H and O–H groups in total. The van der Waals surface area contributed by atoms with E-state index < -0.39 is 0 Å². The molecule has 0 spiro atoms. The SMILES string of the molecule is CC(=O)N[C@@H](C)COC1CC(COc2cc3sc(C(C)C)nc3cc2F)C1. The van der Waals surface area contributed by atoms with Crippen molar-refractivity contribution in [1.29, 1.82) is 0 Å². The number of halogens is 1. The van der Waals surface area contributed by atoms with E-state index in [0.29, 0.717) is 36.3 Å². The molecule has 1 aliphatic carbocycles. The minimum Gasteiger partial charge on any atom is -0.490 e. The number of nitrogens with one attached hydrogen (secondary N) is 1. The zero-order chi connectivity index (χ0) is 19.6. The van der Waals surface area contributed by atoms with Crippen LogP contribution in [0.1, 0.15) is 51.5 Å². The topological polar surface area (TPSA) is 60.5 Å². The third-order valence-electron chi connectivity index (χ3n) is 4.65. The van der Waals surface area contributed by atoms with Gasteiger partial charge in [0.1, 0.15) is 0 Å². The quantitative estimate of drug-likeness (QED) is 0.727. The van der Waals surface area contributed by atoms with E-state index >= 15 is 0 Å². The van der Waals surface area contributed by atoms with Crippen molar-refractivity contribution in [3.63, 3.8) is 0 Å². The van der Waals surface area contributed by atoms with Crippen LogP contribution in [-0.4, -0.2) is 36.3 Å². The predicted octanol–water partition coefficient (Wildman–Crippen LogP) is 4.26. The van der Waals surface area contributed by atoms with Gasteiger partial charge in [-0.05, 0) is 25.7 Å². The summed E-state index contributed by atoms with van der Waals surface area (Å²) in [4.78, 5) is 15.5. The van der Waals surface area contributed by atoms with E-state index in [0.717, 1.165) is 22.5 Å². The molecule has 1 aliphatic rings. The highest BCUT2D eigenvalue weighted by molar-refractivity contribution is 7.18. The van der Waals surface area contributed by atoms with Crippen molar-refractivity contribution in [3.05, 3.63) is 23.0 Å². The molecule has 0 saturated heterocycles. The fourth-order valence-electron chi connectivity index (χ4n) is 3.13. The van der Waals surface area contributed by atoms with E-state index in [1.807, 2.05) is 6.92 Å². The number of benzene rings is 1. The van der Waals surface area contributed by atoms with Gasteiger partial charge in [-0.1, -0.05) is 13.8 Å². The van der Waals surface area contributed by atoms with Crippen molar-refractivity contribution in [2.45, 2.75) is 58.6 Å². The Kier molecular flexibility index (Phi) is 6.32. The lowest BCUT2D eigenvalue weighted by molar-refractivity contribution is -0.120. The second-order valence-electron chi connectivity index (χ2n) is 7.66. The molecule has 1 aromatic carbocycles. The molecule has 0 unspecified atom stereocenters. The first-order valence-electron chi connectivity index (χ1n) is 9.43. The van der Waals surface area contributed by atoms with E-state index in [-0.39, 0.29) is 23.9 Å². The lowest BCUT2D eigenvalue weighted by Crippen LogP contribution is -2.40. The van der Waals surface area contributed by atoms with Crippen molar-refractivity contribution in [1.82, 2.24) is 10.3 Å². The van der Waals surface area contributed by atoms with E-state index in [1.165, 1.54) is 13.0 Å². The molecule has 1 amide bonds. The van der Waals surface area contributed by atoms with E-state index in [9.17, 15) is 9.18 Å². The summed E-state index contributed by atoms with van der Waals surface area (Å²) in [6, 6.07) is 3.23. The molecule has 2 aromatic rings. The number of nitrogens with zero attached hydrogens (tertiary/aromatic N) is 1. The van der Waals surface area contributed by atoms with Crippen LogP contribution in [0.2, 0.25) is 0 Å². The summed E-state index contributed by atoms with van der Waals surface area (Å²) >= 11 is 1.59. The lowest BCUT2D eigenvalue weighted by atomic mass is 9.83. The van der Waals surface area contributed by atoms with Crippen molar-refractivity contribution in [2.75, 3.05) is 13.2 Å². The van der Waals surface area contributed by atoms with Gasteiger partial charge in [0.2, 0.25) is 5.91 Å². The first kappa shape index (κ1) is 20.0. The fourth-order valence-corrected chi connectivity index (χ4v) is 4.11. The molecule has 3 rings (SSSR count). The normalized spacial score (nSPS) is 20.5. The van der Waals surface area contributed by atoms with Crippen LogP contribution < -0.4 is 10.1 Å². The summed E-state index contributed by atoms with van der Waals surface area (Å²) in [5.74, 6) is 0.583. The summed E-state index contributed by atoms with van der Waals surface area (Å²) in [7, 11) is 0. The van der Waals surface area contributed by atoms with Gasteiger partial charge in [0, 0.05) is 31.0 Å². The van der Waals surface area contributed by atoms with Gasteiger partial charge in [-0.25, -0.2) is 9.37 Å². The standard InChI is InChI=1S/C20H27FN2O3S/c1-11(2)20-23-17-7-16(21)18(8-19(17)27-20)26-10-14-5-15(6-14)25-9-12(3)22-13(4)24/h7-8,11-12,14-15H,5-6,9-10H2,1-4H3,(H,22,24)/t12-,14?,15?/m0/s1. The average Bonchev–Trinajstić information content (AvgIpc) is 2.95. The van der Waals surface area contributed by atoms with Gasteiger partial charge in [0.25, 0.3) is 0 Å². The summed E-state index contributed by atoms with van der Waals surface area (Å²) < 4.78 is 26.7. The molecule has 27 heavy (non-hydrogen) atoms. The van der Waals surface area contributed by atoms with Crippen LogP contribution in [0, 0.1) is 11.7 Å². The molecule has 1 aromatic heterocycles. The number of rotatable bonds is 8. The largest absolute Gasteiger partial charge is 0.490 e. The minimum atomic E-state index is -0.362. The average molecular weight is 395 g/mol. The van der Waals surface area contributed by atoms with E-state index in [1.54, 1.807) is 17.4 Å². The van der Waals surface area contributed by atoms with Gasteiger partial charge in [0.05, 0.1) is 34.5 Å². The van der Waals surface area contributed by atoms with Crippen LogP contribution in [0.3, 0.4) is 0 Å². The smallest absolute Gasteiger partial charge is 0.217 e. The van der Waals surface area contributed by atoms with Gasteiger partial charge < -0.3 is 14.8 Å². The van der Waals surface area contributed by atoms with Crippen LogP contribution in [0.4, 0.5) is 4.39 Å². The molecule has 1 atom stereocenters. The van der Waals surface area contributed by atoms with Crippen LogP contribution in [0.15, 0.2) is 12.1 Å². The number of fused-ring (bicyclic) bond motifs is 1. The highest BCUT2D eigenvalue weighted by Crippen LogP contribution is 2.34. The minimum absolute atomic E-state index is 0.00811. The van der Waals surface area contributed by atoms with Gasteiger partial charge >= 0.3 is 0 Å². The summed E-state index contributed by atoms with van der Waals surface area (Å²) in [5.41, 5.74) is 0.693. The molecular weight excluding hydrogens is 367 g/mol. The lowest BCUT2D eigenvalue weighted by Gasteiger charge is -2.35. The zero-order valence-corrected chi connectivity index (χ0v) is 17.1. The number of amides is 1. The zero-order valence-electron chi connectivity index (χ0n) is 16.3. The maximum Gasteiger partial charge on any atom is 0.217 e. The Hall–Kier alpha value is -1.73. The van der Waals surface area contributed by atoms with Crippen LogP contribution >= 0.6 is 11.3 Å². The van der Waals surface area contributed by atoms with Crippen molar-refractivity contribution >= 4 is 27.5 Å². The maximum atomic E-state index is 14.3. The van der Waals surface area contributed by atoms with Crippen LogP contribution in [0.25, 0.3) is 10.2 Å². The molecule has 7 heteroatoms. The van der Waals surface area contributed by atoms with E-state index in [2.05, 4.69) is 24.1 Å². The number of ether oxygens (including phenoxy) is 2. The monoisotopic (exact) mass is 394 g/mol. The second-order valence-corrected chi connectivity index (χ2v) is 8.72. The first-order chi connectivity index (χ1) is 12.8. The highest BCUT2D eigenvalue weighted by Gasteiger charge is 2.31. The van der Waals surface area contributed by atoms with Gasteiger partial charge in [-0.3, -0.25) is 4.79 Å². The molecule has 148 valence electrons. The predicted molar refractivity (Wildman–Crippen MR) is 105 cm³/mol. The molecule has 5 nitrogen and oxygen atoms in total. The highest BCUT2D eigenvalue weighted by atomic mass is 32.1. The number of carbonyl (C=O) groups is 1. The maximum absolute atomic E-state index is 14.3. The summed E-state index contributed by atoms with van der Waals surface area (Å²) in [6.45, 7) is 8.57. The Morgan fingerprint density at radius 2 is 2.11 bits per heavy atom. The fraction of sp³-hybridized carbons (Fsp3) is 0.600. The Morgan fingerprint density at radius 3 is 2.78 bits per heavy atom. The van der Waals surface area contributed by atoms with Gasteiger partial charge in [0.15, 0.2) is 11.6 Å². The molecule has 1 fully saturated rings. The summed E-state index contributed by atoms with van der Waals surface area (Å²) in [5, 5.41) is 3.81. The number of aromatic nitrogens is 1. The Labute approximate surface area is 163 Å². The van der Waals surface area contributed by atoms with Crippen molar-refractivity contribution in [3.8, 4) is 5.75 Å². The summed E-state index contributed by atoms with van der Waals surface area (Å²) in [6.07, 6.45) is 1.99. The number of hydrogen-bond acceptors (Lipinski definition) is 5. The number of carbonyl (C=O) groups excluding carboxylic acids is 1. The second kappa shape index (κ2) is 8.52. The molecule has 1 heterocycles. The van der Waals surface area contributed by atoms with Crippen LogP contribution in [-0.2, 0) is 9.53 Å². The van der Waals surface area contributed by atoms with Gasteiger partial charge in [-0.15, -0.1) is 11.3 Å². The Morgan fingerprint density at radius 1 is 1.37 bits per heavy atom. The molecule has 0 radical (unpaired) electrons. The Bertz CT molecular complexity index is 802. The molecule has 1 saturated carbocycles. The van der Waals surface area contributed by atoms with E-state index in [4.69, 9.17) is 9.47 Å². The first-order valence-corrected chi connectivity index (χ1v) is 10.2.